The summed E-state index contributed by atoms with van der Waals surface area (Å²) in [6, 6.07) is 25.7. The Hall–Kier alpha value is -2.06. The molecule has 0 fully saturated rings. The molecule has 3 aromatic carbocycles. The van der Waals surface area contributed by atoms with Crippen molar-refractivity contribution in [2.45, 2.75) is 6.54 Å². The minimum absolute atomic E-state index is 0.890. The normalized spacial score (nSPS) is 11.3. The molecule has 1 heterocycles. The van der Waals surface area contributed by atoms with Gasteiger partial charge in [0.2, 0.25) is 0 Å². The molecule has 0 bridgehead atoms. The number of nitrogens with zero attached hydrogens (tertiary/aromatic N) is 1. The smallest absolute Gasteiger partial charge is 0.0505 e. The summed E-state index contributed by atoms with van der Waals surface area (Å²) in [5.41, 5.74) is 3.88. The first-order chi connectivity index (χ1) is 10.3. The van der Waals surface area contributed by atoms with Crippen molar-refractivity contribution in [3.63, 3.8) is 0 Å². The van der Waals surface area contributed by atoms with Crippen LogP contribution in [0.25, 0.3) is 21.8 Å². The van der Waals surface area contributed by atoms with Crippen molar-refractivity contribution in [2.24, 2.45) is 0 Å². The Morgan fingerprint density at radius 1 is 0.714 bits per heavy atom. The molecule has 0 aliphatic rings. The van der Waals surface area contributed by atoms with Gasteiger partial charge in [-0.15, -0.1) is 0 Å². The number of benzene rings is 3. The predicted octanol–water partition coefficient (Wildman–Crippen LogP) is 5.61. The topological polar surface area (TPSA) is 4.93 Å². The van der Waals surface area contributed by atoms with E-state index in [0.717, 1.165) is 11.0 Å². The molecule has 102 valence electrons. The first kappa shape index (κ1) is 12.7. The van der Waals surface area contributed by atoms with E-state index in [2.05, 4.69) is 93.3 Å². The minimum atomic E-state index is 0.890. The molecule has 0 radical (unpaired) electrons. The Labute approximate surface area is 132 Å². The molecule has 0 spiro atoms. The van der Waals surface area contributed by atoms with Crippen molar-refractivity contribution in [1.82, 2.24) is 4.57 Å². The van der Waals surface area contributed by atoms with Crippen LogP contribution in [0, 0.1) is 0 Å². The maximum absolute atomic E-state index is 3.60. The molecular formula is C19H14BrN. The van der Waals surface area contributed by atoms with Gasteiger partial charge in [-0.1, -0.05) is 70.5 Å². The maximum atomic E-state index is 3.60. The number of para-hydroxylation sites is 1. The minimum Gasteiger partial charge on any atom is -0.336 e. The van der Waals surface area contributed by atoms with Crippen LogP contribution in [-0.4, -0.2) is 4.57 Å². The molecule has 2 heteroatoms. The molecule has 0 amide bonds. The molecule has 4 rings (SSSR count). The van der Waals surface area contributed by atoms with E-state index in [4.69, 9.17) is 0 Å². The van der Waals surface area contributed by atoms with E-state index in [-0.39, 0.29) is 0 Å². The van der Waals surface area contributed by atoms with Crippen LogP contribution in [0.3, 0.4) is 0 Å². The summed E-state index contributed by atoms with van der Waals surface area (Å²) < 4.78 is 3.51. The molecule has 1 aromatic heterocycles. The summed E-state index contributed by atoms with van der Waals surface area (Å²) in [6.07, 6.45) is 0. The second-order valence-corrected chi connectivity index (χ2v) is 6.17. The van der Waals surface area contributed by atoms with Gasteiger partial charge in [0, 0.05) is 27.3 Å². The van der Waals surface area contributed by atoms with E-state index in [1.165, 1.54) is 27.4 Å². The lowest BCUT2D eigenvalue weighted by atomic mass is 10.2. The van der Waals surface area contributed by atoms with Crippen LogP contribution in [0.4, 0.5) is 0 Å². The van der Waals surface area contributed by atoms with E-state index in [1.54, 1.807) is 0 Å². The summed E-state index contributed by atoms with van der Waals surface area (Å²) in [6.45, 7) is 0.890. The van der Waals surface area contributed by atoms with Crippen LogP contribution in [-0.2, 0) is 6.54 Å². The van der Waals surface area contributed by atoms with Crippen LogP contribution in [0.15, 0.2) is 77.3 Å². The van der Waals surface area contributed by atoms with E-state index < -0.39 is 0 Å². The van der Waals surface area contributed by atoms with E-state index in [0.29, 0.717) is 0 Å². The zero-order valence-corrected chi connectivity index (χ0v) is 13.0. The molecule has 0 unspecified atom stereocenters. The Kier molecular flexibility index (Phi) is 3.04. The van der Waals surface area contributed by atoms with Crippen LogP contribution < -0.4 is 0 Å². The summed E-state index contributed by atoms with van der Waals surface area (Å²) in [7, 11) is 0. The van der Waals surface area contributed by atoms with Gasteiger partial charge in [0.25, 0.3) is 0 Å². The first-order valence-electron chi connectivity index (χ1n) is 7.03. The highest BCUT2D eigenvalue weighted by Crippen LogP contribution is 2.31. The van der Waals surface area contributed by atoms with Crippen LogP contribution in [0.2, 0.25) is 0 Å². The quantitative estimate of drug-likeness (QED) is 0.449. The SMILES string of the molecule is Brc1ccc2c3ccccc3n(Cc3ccccc3)c2c1. The van der Waals surface area contributed by atoms with Gasteiger partial charge in [0.15, 0.2) is 0 Å². The molecule has 0 aliphatic carbocycles. The standard InChI is InChI=1S/C19H14BrN/c20-15-10-11-17-16-8-4-5-9-18(16)21(19(17)12-15)13-14-6-2-1-3-7-14/h1-12H,13H2. The van der Waals surface area contributed by atoms with Gasteiger partial charge in [-0.2, -0.15) is 0 Å². The summed E-state index contributed by atoms with van der Waals surface area (Å²) in [5.74, 6) is 0. The fraction of sp³-hybridized carbons (Fsp3) is 0.0526. The van der Waals surface area contributed by atoms with Crippen molar-refractivity contribution in [3.05, 3.63) is 82.8 Å². The van der Waals surface area contributed by atoms with Crippen molar-refractivity contribution < 1.29 is 0 Å². The summed E-state index contributed by atoms with van der Waals surface area (Å²) >= 11 is 3.60. The molecule has 0 atom stereocenters. The molecule has 0 aliphatic heterocycles. The van der Waals surface area contributed by atoms with Crippen LogP contribution in [0.1, 0.15) is 5.56 Å². The number of halogens is 1. The van der Waals surface area contributed by atoms with Gasteiger partial charge in [-0.05, 0) is 23.8 Å². The third-order valence-corrected chi connectivity index (χ3v) is 4.41. The lowest BCUT2D eigenvalue weighted by molar-refractivity contribution is 0.869. The van der Waals surface area contributed by atoms with Crippen LogP contribution in [0.5, 0.6) is 0 Å². The van der Waals surface area contributed by atoms with Gasteiger partial charge >= 0.3 is 0 Å². The van der Waals surface area contributed by atoms with Crippen molar-refractivity contribution >= 4 is 37.7 Å². The molecular weight excluding hydrogens is 322 g/mol. The fourth-order valence-corrected chi connectivity index (χ4v) is 3.31. The van der Waals surface area contributed by atoms with Gasteiger partial charge in [-0.3, -0.25) is 0 Å². The molecule has 0 saturated heterocycles. The number of hydrogen-bond donors (Lipinski definition) is 0. The molecule has 21 heavy (non-hydrogen) atoms. The number of aromatic nitrogens is 1. The number of fused-ring (bicyclic) bond motifs is 3. The van der Waals surface area contributed by atoms with Gasteiger partial charge in [-0.25, -0.2) is 0 Å². The van der Waals surface area contributed by atoms with Gasteiger partial charge in [0.05, 0.1) is 5.52 Å². The highest BCUT2D eigenvalue weighted by Gasteiger charge is 2.10. The summed E-state index contributed by atoms with van der Waals surface area (Å²) in [4.78, 5) is 0. The lowest BCUT2D eigenvalue weighted by Gasteiger charge is -2.08. The number of rotatable bonds is 2. The molecule has 0 N–H and O–H groups in total. The Bertz CT molecular complexity index is 922. The van der Waals surface area contributed by atoms with Gasteiger partial charge in [0.1, 0.15) is 0 Å². The average molecular weight is 336 g/mol. The Morgan fingerprint density at radius 2 is 1.43 bits per heavy atom. The fourth-order valence-electron chi connectivity index (χ4n) is 2.96. The number of hydrogen-bond acceptors (Lipinski definition) is 0. The zero-order valence-electron chi connectivity index (χ0n) is 11.5. The second-order valence-electron chi connectivity index (χ2n) is 5.25. The van der Waals surface area contributed by atoms with Crippen molar-refractivity contribution in [3.8, 4) is 0 Å². The monoisotopic (exact) mass is 335 g/mol. The lowest BCUT2D eigenvalue weighted by Crippen LogP contribution is -1.98. The molecule has 1 nitrogen and oxygen atoms in total. The predicted molar refractivity (Wildman–Crippen MR) is 92.7 cm³/mol. The Morgan fingerprint density at radius 3 is 2.29 bits per heavy atom. The maximum Gasteiger partial charge on any atom is 0.0505 e. The molecule has 4 aromatic rings. The third-order valence-electron chi connectivity index (χ3n) is 3.92. The van der Waals surface area contributed by atoms with Gasteiger partial charge < -0.3 is 4.57 Å². The van der Waals surface area contributed by atoms with Crippen LogP contribution >= 0.6 is 15.9 Å². The highest BCUT2D eigenvalue weighted by molar-refractivity contribution is 9.10. The average Bonchev–Trinajstić information content (AvgIpc) is 2.82. The largest absolute Gasteiger partial charge is 0.336 e. The second kappa shape index (κ2) is 5.05. The van der Waals surface area contributed by atoms with E-state index in [9.17, 15) is 0 Å². The summed E-state index contributed by atoms with van der Waals surface area (Å²) in [5, 5.41) is 2.63. The Balaban J connectivity index is 2.02. The zero-order chi connectivity index (χ0) is 14.2. The molecule has 0 saturated carbocycles. The van der Waals surface area contributed by atoms with E-state index in [1.807, 2.05) is 0 Å². The highest BCUT2D eigenvalue weighted by atomic mass is 79.9. The van der Waals surface area contributed by atoms with E-state index >= 15 is 0 Å². The first-order valence-corrected chi connectivity index (χ1v) is 7.83. The third kappa shape index (κ3) is 2.16. The van der Waals surface area contributed by atoms with Crippen molar-refractivity contribution in [1.29, 1.82) is 0 Å². The van der Waals surface area contributed by atoms with Crippen molar-refractivity contribution in [2.75, 3.05) is 0 Å².